The third-order valence-corrected chi connectivity index (χ3v) is 5.01. The number of halogens is 1. The molecule has 0 saturated heterocycles. The molecule has 2 aromatic rings. The number of hydrogen-bond acceptors (Lipinski definition) is 3. The second-order valence-electron chi connectivity index (χ2n) is 6.58. The largest absolute Gasteiger partial charge is 0.452 e. The molecule has 136 valence electrons. The van der Waals surface area contributed by atoms with E-state index in [-0.39, 0.29) is 24.1 Å². The Balaban J connectivity index is 1.54. The maximum Gasteiger partial charge on any atom is 0.340 e. The van der Waals surface area contributed by atoms with Crippen molar-refractivity contribution in [1.82, 2.24) is 5.32 Å². The quantitative estimate of drug-likeness (QED) is 0.799. The van der Waals surface area contributed by atoms with Crippen LogP contribution in [0.3, 0.4) is 0 Å². The highest BCUT2D eigenvalue weighted by molar-refractivity contribution is 6.33. The molecule has 0 bridgehead atoms. The van der Waals surface area contributed by atoms with Crippen molar-refractivity contribution in [3.8, 4) is 0 Å². The van der Waals surface area contributed by atoms with E-state index in [2.05, 4.69) is 23.5 Å². The first kappa shape index (κ1) is 18.5. The SMILES string of the molecule is C[C@H](NC(=O)COC(=O)c1ccccc1Cl)c1ccc2c(c1)CCCC2. The number of rotatable bonds is 5. The summed E-state index contributed by atoms with van der Waals surface area (Å²) in [5.74, 6) is -0.942. The minimum atomic E-state index is -0.604. The summed E-state index contributed by atoms with van der Waals surface area (Å²) in [5.41, 5.74) is 4.10. The van der Waals surface area contributed by atoms with E-state index in [1.54, 1.807) is 24.3 Å². The van der Waals surface area contributed by atoms with Gasteiger partial charge >= 0.3 is 5.97 Å². The lowest BCUT2D eigenvalue weighted by atomic mass is 9.89. The molecule has 1 amide bonds. The van der Waals surface area contributed by atoms with Crippen LogP contribution >= 0.6 is 11.6 Å². The van der Waals surface area contributed by atoms with Crippen molar-refractivity contribution in [3.63, 3.8) is 0 Å². The van der Waals surface area contributed by atoms with Crippen molar-refractivity contribution in [2.45, 2.75) is 38.6 Å². The Hall–Kier alpha value is -2.33. The molecule has 1 N–H and O–H groups in total. The van der Waals surface area contributed by atoms with Crippen molar-refractivity contribution in [2.24, 2.45) is 0 Å². The van der Waals surface area contributed by atoms with Gasteiger partial charge in [-0.25, -0.2) is 4.79 Å². The van der Waals surface area contributed by atoms with Gasteiger partial charge in [-0.3, -0.25) is 4.79 Å². The Morgan fingerprint density at radius 1 is 1.12 bits per heavy atom. The zero-order valence-corrected chi connectivity index (χ0v) is 15.5. The summed E-state index contributed by atoms with van der Waals surface area (Å²) in [6, 6.07) is 12.8. The van der Waals surface area contributed by atoms with Crippen LogP contribution < -0.4 is 5.32 Å². The van der Waals surface area contributed by atoms with Crippen molar-refractivity contribution in [3.05, 3.63) is 69.7 Å². The van der Waals surface area contributed by atoms with Crippen LogP contribution in [0.25, 0.3) is 0 Å². The average molecular weight is 372 g/mol. The molecular weight excluding hydrogens is 350 g/mol. The summed E-state index contributed by atoms with van der Waals surface area (Å²) in [6.07, 6.45) is 4.69. The van der Waals surface area contributed by atoms with Gasteiger partial charge in [0.2, 0.25) is 0 Å². The summed E-state index contributed by atoms with van der Waals surface area (Å²) in [7, 11) is 0. The van der Waals surface area contributed by atoms with Gasteiger partial charge in [-0.1, -0.05) is 41.9 Å². The van der Waals surface area contributed by atoms with Gasteiger partial charge in [-0.05, 0) is 61.4 Å². The Morgan fingerprint density at radius 3 is 2.62 bits per heavy atom. The number of hydrogen-bond donors (Lipinski definition) is 1. The normalized spacial score (nSPS) is 14.2. The van der Waals surface area contributed by atoms with Gasteiger partial charge in [-0.15, -0.1) is 0 Å². The predicted molar refractivity (Wildman–Crippen MR) is 101 cm³/mol. The molecular formula is C21H22ClNO3. The highest BCUT2D eigenvalue weighted by Gasteiger charge is 2.16. The molecule has 2 aromatic carbocycles. The molecule has 5 heteroatoms. The van der Waals surface area contributed by atoms with Crippen LogP contribution in [0.5, 0.6) is 0 Å². The molecule has 0 fully saturated rings. The number of benzene rings is 2. The second-order valence-corrected chi connectivity index (χ2v) is 6.99. The van der Waals surface area contributed by atoms with Gasteiger partial charge < -0.3 is 10.1 Å². The molecule has 0 spiro atoms. The Kier molecular flexibility index (Phi) is 5.94. The first-order valence-electron chi connectivity index (χ1n) is 8.87. The molecule has 0 heterocycles. The monoisotopic (exact) mass is 371 g/mol. The van der Waals surface area contributed by atoms with E-state index in [0.717, 1.165) is 18.4 Å². The lowest BCUT2D eigenvalue weighted by molar-refractivity contribution is -0.124. The summed E-state index contributed by atoms with van der Waals surface area (Å²) < 4.78 is 5.06. The molecule has 1 atom stereocenters. The molecule has 0 saturated carbocycles. The van der Waals surface area contributed by atoms with Crippen molar-refractivity contribution in [2.75, 3.05) is 6.61 Å². The van der Waals surface area contributed by atoms with Crippen LogP contribution in [0.2, 0.25) is 5.02 Å². The molecule has 0 aromatic heterocycles. The number of carbonyl (C=O) groups is 2. The topological polar surface area (TPSA) is 55.4 Å². The van der Waals surface area contributed by atoms with Crippen molar-refractivity contribution < 1.29 is 14.3 Å². The van der Waals surface area contributed by atoms with Crippen LogP contribution in [0.4, 0.5) is 0 Å². The molecule has 0 unspecified atom stereocenters. The molecule has 0 aliphatic heterocycles. The zero-order valence-electron chi connectivity index (χ0n) is 14.8. The van der Waals surface area contributed by atoms with Gasteiger partial charge in [-0.2, -0.15) is 0 Å². The van der Waals surface area contributed by atoms with Crippen molar-refractivity contribution in [1.29, 1.82) is 0 Å². The number of nitrogens with one attached hydrogen (secondary N) is 1. The zero-order chi connectivity index (χ0) is 18.5. The molecule has 4 nitrogen and oxygen atoms in total. The summed E-state index contributed by atoms with van der Waals surface area (Å²) >= 11 is 5.96. The highest BCUT2D eigenvalue weighted by atomic mass is 35.5. The van der Waals surface area contributed by atoms with E-state index >= 15 is 0 Å². The Bertz CT molecular complexity index is 819. The average Bonchev–Trinajstić information content (AvgIpc) is 2.66. The number of esters is 1. The molecule has 3 rings (SSSR count). The Labute approximate surface area is 158 Å². The van der Waals surface area contributed by atoms with Gasteiger partial charge in [0.15, 0.2) is 6.61 Å². The lowest BCUT2D eigenvalue weighted by Crippen LogP contribution is -2.31. The number of amides is 1. The predicted octanol–water partition coefficient (Wildman–Crippen LogP) is 4.25. The van der Waals surface area contributed by atoms with Crippen LogP contribution in [-0.4, -0.2) is 18.5 Å². The first-order chi connectivity index (χ1) is 12.5. The van der Waals surface area contributed by atoms with Crippen LogP contribution in [0.1, 0.15) is 52.9 Å². The minimum Gasteiger partial charge on any atom is -0.452 e. The number of carbonyl (C=O) groups excluding carboxylic acids is 2. The van der Waals surface area contributed by atoms with Gasteiger partial charge in [0.25, 0.3) is 5.91 Å². The van der Waals surface area contributed by atoms with Crippen LogP contribution in [-0.2, 0) is 22.4 Å². The second kappa shape index (κ2) is 8.37. The maximum absolute atomic E-state index is 12.1. The summed E-state index contributed by atoms with van der Waals surface area (Å²) in [4.78, 5) is 24.1. The fourth-order valence-electron chi connectivity index (χ4n) is 3.22. The van der Waals surface area contributed by atoms with Crippen molar-refractivity contribution >= 4 is 23.5 Å². The van der Waals surface area contributed by atoms with E-state index in [1.807, 2.05) is 6.92 Å². The third kappa shape index (κ3) is 4.44. The van der Waals surface area contributed by atoms with Gasteiger partial charge in [0.1, 0.15) is 0 Å². The standard InChI is InChI=1S/C21H22ClNO3/c1-14(16-11-10-15-6-2-3-7-17(15)12-16)23-20(24)13-26-21(25)18-8-4-5-9-19(18)22/h4-5,8-12,14H,2-3,6-7,13H2,1H3,(H,23,24)/t14-/m0/s1. The molecule has 1 aliphatic rings. The van der Waals surface area contributed by atoms with E-state index in [0.29, 0.717) is 5.02 Å². The minimum absolute atomic E-state index is 0.145. The van der Waals surface area contributed by atoms with E-state index < -0.39 is 5.97 Å². The van der Waals surface area contributed by atoms with Crippen LogP contribution in [0.15, 0.2) is 42.5 Å². The smallest absolute Gasteiger partial charge is 0.340 e. The molecule has 1 aliphatic carbocycles. The fraction of sp³-hybridized carbons (Fsp3) is 0.333. The highest BCUT2D eigenvalue weighted by Crippen LogP contribution is 2.24. The fourth-order valence-corrected chi connectivity index (χ4v) is 3.44. The van der Waals surface area contributed by atoms with Crippen LogP contribution in [0, 0.1) is 0 Å². The third-order valence-electron chi connectivity index (χ3n) is 4.68. The first-order valence-corrected chi connectivity index (χ1v) is 9.25. The van der Waals surface area contributed by atoms with E-state index in [1.165, 1.54) is 24.0 Å². The number of aryl methyl sites for hydroxylation is 2. The summed E-state index contributed by atoms with van der Waals surface area (Å²) in [6.45, 7) is 1.59. The molecule has 26 heavy (non-hydrogen) atoms. The number of fused-ring (bicyclic) bond motifs is 1. The lowest BCUT2D eigenvalue weighted by Gasteiger charge is -2.20. The maximum atomic E-state index is 12.1. The van der Waals surface area contributed by atoms with E-state index in [4.69, 9.17) is 16.3 Å². The Morgan fingerprint density at radius 2 is 1.85 bits per heavy atom. The van der Waals surface area contributed by atoms with E-state index in [9.17, 15) is 9.59 Å². The summed E-state index contributed by atoms with van der Waals surface area (Å²) in [5, 5.41) is 3.18. The number of ether oxygens (including phenoxy) is 1. The van der Waals surface area contributed by atoms with Gasteiger partial charge in [0.05, 0.1) is 16.6 Å². The molecule has 0 radical (unpaired) electrons. The van der Waals surface area contributed by atoms with Gasteiger partial charge in [0, 0.05) is 0 Å².